The van der Waals surface area contributed by atoms with Crippen LogP contribution in [0.1, 0.15) is 12.8 Å². The quantitative estimate of drug-likeness (QED) is 0.477. The minimum Gasteiger partial charge on any atom is -0.491 e. The molecule has 3 heteroatoms. The van der Waals surface area contributed by atoms with Crippen LogP contribution in [-0.4, -0.2) is 37.7 Å². The van der Waals surface area contributed by atoms with Crippen LogP contribution >= 0.6 is 0 Å². The van der Waals surface area contributed by atoms with E-state index in [0.717, 1.165) is 5.75 Å². The summed E-state index contributed by atoms with van der Waals surface area (Å²) in [4.78, 5) is 1.45. The fourth-order valence-electron chi connectivity index (χ4n) is 3.06. The fourth-order valence-corrected chi connectivity index (χ4v) is 6.22. The summed E-state index contributed by atoms with van der Waals surface area (Å²) in [5, 5.41) is 2.52. The highest BCUT2D eigenvalue weighted by molar-refractivity contribution is 8.11. The molecule has 0 unspecified atom stereocenters. The molecule has 0 radical (unpaired) electrons. The first kappa shape index (κ1) is 14.6. The first-order chi connectivity index (χ1) is 10.2. The van der Waals surface area contributed by atoms with E-state index in [-0.39, 0.29) is 0 Å². The summed E-state index contributed by atoms with van der Waals surface area (Å²) in [5.41, 5.74) is 0. The van der Waals surface area contributed by atoms with E-state index in [1.54, 1.807) is 7.11 Å². The van der Waals surface area contributed by atoms with Crippen LogP contribution in [0.2, 0.25) is 0 Å². The SMILES string of the molecule is C=[S+]1(c2ccc(OCCOC)c3ccccc23)CCCC1. The van der Waals surface area contributed by atoms with Crippen molar-refractivity contribution in [3.05, 3.63) is 36.4 Å². The molecule has 1 aliphatic rings. The molecule has 0 N–H and O–H groups in total. The molecule has 0 aromatic heterocycles. The topological polar surface area (TPSA) is 18.5 Å². The van der Waals surface area contributed by atoms with Crippen LogP contribution in [0.25, 0.3) is 10.8 Å². The van der Waals surface area contributed by atoms with E-state index in [1.807, 2.05) is 0 Å². The van der Waals surface area contributed by atoms with Gasteiger partial charge in [-0.2, -0.15) is 0 Å². The van der Waals surface area contributed by atoms with Crippen molar-refractivity contribution in [3.8, 4) is 5.75 Å². The van der Waals surface area contributed by atoms with Crippen molar-refractivity contribution in [2.24, 2.45) is 0 Å². The highest BCUT2D eigenvalue weighted by Crippen LogP contribution is 2.37. The van der Waals surface area contributed by atoms with Crippen LogP contribution in [-0.2, 0) is 14.4 Å². The van der Waals surface area contributed by atoms with E-state index in [1.165, 1.54) is 40.0 Å². The largest absolute Gasteiger partial charge is 0.491 e. The van der Waals surface area contributed by atoms with Crippen LogP contribution in [0.5, 0.6) is 5.75 Å². The molecule has 1 aliphatic heterocycles. The third-order valence-corrected chi connectivity index (χ3v) is 7.61. The Kier molecular flexibility index (Phi) is 4.32. The number of fused-ring (bicyclic) bond motifs is 1. The van der Waals surface area contributed by atoms with E-state index in [4.69, 9.17) is 9.47 Å². The van der Waals surface area contributed by atoms with Crippen LogP contribution in [0.4, 0.5) is 0 Å². The summed E-state index contributed by atoms with van der Waals surface area (Å²) in [7, 11) is 0.814. The normalized spacial score (nSPS) is 17.2. The lowest BCUT2D eigenvalue weighted by molar-refractivity contribution is 0.147. The van der Waals surface area contributed by atoms with Crippen molar-refractivity contribution in [2.45, 2.75) is 17.7 Å². The molecule has 112 valence electrons. The van der Waals surface area contributed by atoms with Crippen molar-refractivity contribution in [1.29, 1.82) is 0 Å². The Morgan fingerprint density at radius 1 is 1.00 bits per heavy atom. The second-order valence-corrected chi connectivity index (χ2v) is 8.96. The average molecular weight is 303 g/mol. The van der Waals surface area contributed by atoms with Crippen LogP contribution < -0.4 is 4.74 Å². The molecule has 2 aromatic rings. The third-order valence-electron chi connectivity index (χ3n) is 4.18. The first-order valence-electron chi connectivity index (χ1n) is 7.50. The summed E-state index contributed by atoms with van der Waals surface area (Å²) in [6.45, 7) is 1.20. The molecule has 0 bridgehead atoms. The predicted octanol–water partition coefficient (Wildman–Crippen LogP) is 3.60. The average Bonchev–Trinajstić information content (AvgIpc) is 2.95. The molecule has 1 heterocycles. The highest BCUT2D eigenvalue weighted by atomic mass is 32.2. The summed E-state index contributed by atoms with van der Waals surface area (Å²) >= 11 is 0. The molecule has 0 spiro atoms. The Balaban J connectivity index is 2.04. The van der Waals surface area contributed by atoms with Crippen LogP contribution in [0.15, 0.2) is 41.3 Å². The lowest BCUT2D eigenvalue weighted by atomic mass is 10.1. The van der Waals surface area contributed by atoms with Crippen molar-refractivity contribution in [3.63, 3.8) is 0 Å². The van der Waals surface area contributed by atoms with Gasteiger partial charge in [0.15, 0.2) is 0 Å². The Morgan fingerprint density at radius 3 is 2.43 bits per heavy atom. The van der Waals surface area contributed by atoms with Gasteiger partial charge in [0.25, 0.3) is 0 Å². The van der Waals surface area contributed by atoms with Crippen molar-refractivity contribution < 1.29 is 9.47 Å². The summed E-state index contributed by atoms with van der Waals surface area (Å²) in [5.74, 6) is 8.10. The maximum absolute atomic E-state index is 5.87. The van der Waals surface area contributed by atoms with E-state index in [0.29, 0.717) is 13.2 Å². The summed E-state index contributed by atoms with van der Waals surface area (Å²) < 4.78 is 10.9. The molecular formula is C18H23O2S+. The molecule has 0 atom stereocenters. The van der Waals surface area contributed by atoms with Crippen molar-refractivity contribution in [1.82, 2.24) is 0 Å². The van der Waals surface area contributed by atoms with Gasteiger partial charge in [0, 0.05) is 23.8 Å². The second-order valence-electron chi connectivity index (χ2n) is 5.61. The van der Waals surface area contributed by atoms with E-state index < -0.39 is 9.62 Å². The molecule has 2 aromatic carbocycles. The predicted molar refractivity (Wildman–Crippen MR) is 93.0 cm³/mol. The zero-order chi connectivity index (χ0) is 14.7. The van der Waals surface area contributed by atoms with Gasteiger partial charge < -0.3 is 9.47 Å². The molecular weight excluding hydrogens is 280 g/mol. The summed E-state index contributed by atoms with van der Waals surface area (Å²) in [6, 6.07) is 12.9. The molecule has 3 rings (SSSR count). The monoisotopic (exact) mass is 303 g/mol. The van der Waals surface area contributed by atoms with Gasteiger partial charge >= 0.3 is 0 Å². The maximum Gasteiger partial charge on any atom is 0.127 e. The third kappa shape index (κ3) is 2.85. The Morgan fingerprint density at radius 2 is 1.71 bits per heavy atom. The Labute approximate surface area is 128 Å². The fraction of sp³-hybridized carbons (Fsp3) is 0.389. The molecule has 0 aliphatic carbocycles. The number of methoxy groups -OCH3 is 1. The Bertz CT molecular complexity index is 668. The van der Waals surface area contributed by atoms with Gasteiger partial charge in [-0.15, -0.1) is 0 Å². The number of hydrogen-bond acceptors (Lipinski definition) is 2. The van der Waals surface area contributed by atoms with Crippen LogP contribution in [0.3, 0.4) is 0 Å². The van der Waals surface area contributed by atoms with Gasteiger partial charge in [-0.1, -0.05) is 27.8 Å². The zero-order valence-electron chi connectivity index (χ0n) is 12.6. The first-order valence-corrected chi connectivity index (χ1v) is 9.64. The number of benzene rings is 2. The van der Waals surface area contributed by atoms with Crippen molar-refractivity contribution >= 4 is 26.3 Å². The molecule has 1 saturated heterocycles. The smallest absolute Gasteiger partial charge is 0.127 e. The van der Waals surface area contributed by atoms with Gasteiger partial charge in [0.1, 0.15) is 17.3 Å². The lowest BCUT2D eigenvalue weighted by Crippen LogP contribution is -2.14. The molecule has 21 heavy (non-hydrogen) atoms. The minimum absolute atomic E-state index is 0.586. The molecule has 0 amide bonds. The standard InChI is InChI=1S/C18H23O2S/c1-19-11-12-20-17-9-10-18(21(2)13-5-6-14-21)16-8-4-3-7-15(16)17/h3-4,7-10H,2,5-6,11-14H2,1H3/q+1. The molecule has 0 saturated carbocycles. The second kappa shape index (κ2) is 6.20. The van der Waals surface area contributed by atoms with Gasteiger partial charge in [0.05, 0.1) is 18.1 Å². The number of rotatable bonds is 5. The van der Waals surface area contributed by atoms with Crippen molar-refractivity contribution in [2.75, 3.05) is 31.8 Å². The molecule has 2 nitrogen and oxygen atoms in total. The maximum atomic E-state index is 5.87. The molecule has 1 fully saturated rings. The van der Waals surface area contributed by atoms with E-state index in [2.05, 4.69) is 42.3 Å². The van der Waals surface area contributed by atoms with Gasteiger partial charge in [-0.25, -0.2) is 0 Å². The number of ether oxygens (including phenoxy) is 2. The van der Waals surface area contributed by atoms with Gasteiger partial charge in [0.2, 0.25) is 0 Å². The van der Waals surface area contributed by atoms with Gasteiger partial charge in [-0.3, -0.25) is 0 Å². The highest BCUT2D eigenvalue weighted by Gasteiger charge is 2.30. The lowest BCUT2D eigenvalue weighted by Gasteiger charge is -2.17. The van der Waals surface area contributed by atoms with Gasteiger partial charge in [-0.05, 0) is 31.0 Å². The Hall–Kier alpha value is -1.32. The van der Waals surface area contributed by atoms with E-state index >= 15 is 0 Å². The summed E-state index contributed by atoms with van der Waals surface area (Å²) in [6.07, 6.45) is 2.64. The van der Waals surface area contributed by atoms with E-state index in [9.17, 15) is 0 Å². The minimum atomic E-state index is -0.881. The zero-order valence-corrected chi connectivity index (χ0v) is 13.5. The van der Waals surface area contributed by atoms with Crippen LogP contribution in [0, 0.1) is 0 Å². The number of hydrogen-bond donors (Lipinski definition) is 0.